The number of nitrogens with one attached hydrogen (secondary N) is 1. The number of aliphatic hydroxyl groups is 1. The number of halogens is 3. The van der Waals surface area contributed by atoms with Gasteiger partial charge in [-0.05, 0) is 61.4 Å². The Bertz CT molecular complexity index is 1260. The molecule has 1 aliphatic rings. The minimum atomic E-state index is -4.59. The van der Waals surface area contributed by atoms with Crippen molar-refractivity contribution in [3.63, 3.8) is 0 Å². The molecule has 35 heavy (non-hydrogen) atoms. The average molecular weight is 490 g/mol. The Labute approximate surface area is 199 Å². The van der Waals surface area contributed by atoms with Gasteiger partial charge in [-0.15, -0.1) is 5.10 Å². The van der Waals surface area contributed by atoms with Crippen molar-refractivity contribution in [1.82, 2.24) is 25.0 Å². The highest BCUT2D eigenvalue weighted by Crippen LogP contribution is 2.49. The second kappa shape index (κ2) is 8.59. The van der Waals surface area contributed by atoms with Crippen molar-refractivity contribution in [2.45, 2.75) is 51.8 Å². The molecule has 0 amide bonds. The molecule has 2 aromatic heterocycles. The Morgan fingerprint density at radius 3 is 2.66 bits per heavy atom. The first-order chi connectivity index (χ1) is 16.3. The number of nitrogens with zero attached hydrogens (tertiary/aromatic N) is 5. The normalized spacial score (nSPS) is 22.1. The summed E-state index contributed by atoms with van der Waals surface area (Å²) in [6.07, 6.45) is -1.23. The number of hydrogen-bond acceptors (Lipinski definition) is 7. The van der Waals surface area contributed by atoms with E-state index in [2.05, 4.69) is 25.6 Å². The molecule has 2 heterocycles. The first-order valence-corrected chi connectivity index (χ1v) is 10.9. The van der Waals surface area contributed by atoms with E-state index >= 15 is 0 Å². The van der Waals surface area contributed by atoms with E-state index in [0.717, 1.165) is 17.8 Å². The molecule has 4 rings (SSSR count). The molecular weight excluding hydrogens is 465 g/mol. The number of hydrogen-bond donors (Lipinski definition) is 3. The predicted octanol–water partition coefficient (Wildman–Crippen LogP) is 4.23. The summed E-state index contributed by atoms with van der Waals surface area (Å²) in [6.45, 7) is 5.44. The number of benzene rings is 1. The zero-order valence-electron chi connectivity index (χ0n) is 19.3. The van der Waals surface area contributed by atoms with Gasteiger partial charge in [-0.3, -0.25) is 4.79 Å². The Morgan fingerprint density at radius 1 is 1.26 bits per heavy atom. The van der Waals surface area contributed by atoms with Gasteiger partial charge in [-0.1, -0.05) is 19.1 Å². The molecule has 0 bridgehead atoms. The second-order valence-electron chi connectivity index (χ2n) is 9.62. The van der Waals surface area contributed by atoms with Crippen molar-refractivity contribution < 1.29 is 28.2 Å². The molecule has 2 unspecified atom stereocenters. The molecule has 0 saturated heterocycles. The van der Waals surface area contributed by atoms with Gasteiger partial charge >= 0.3 is 12.1 Å². The number of alkyl halides is 3. The molecule has 0 aliphatic heterocycles. The fraction of sp³-hybridized carbons (Fsp3) is 0.435. The maximum atomic E-state index is 13.0. The molecule has 1 saturated carbocycles. The highest BCUT2D eigenvalue weighted by Gasteiger charge is 2.49. The van der Waals surface area contributed by atoms with Crippen LogP contribution in [0.5, 0.6) is 0 Å². The van der Waals surface area contributed by atoms with E-state index in [0.29, 0.717) is 23.5 Å². The largest absolute Gasteiger partial charge is 0.481 e. The summed E-state index contributed by atoms with van der Waals surface area (Å²) in [5.74, 6) is -1.66. The van der Waals surface area contributed by atoms with Crippen LogP contribution in [-0.2, 0) is 16.6 Å². The molecule has 0 spiro atoms. The molecule has 186 valence electrons. The lowest BCUT2D eigenvalue weighted by Gasteiger charge is -2.44. The van der Waals surface area contributed by atoms with Crippen LogP contribution in [0.15, 0.2) is 36.7 Å². The number of aryl methyl sites for hydroxylation is 1. The van der Waals surface area contributed by atoms with Crippen molar-refractivity contribution in [2.24, 2.45) is 11.3 Å². The third-order valence-electron chi connectivity index (χ3n) is 6.34. The molecule has 3 aromatic rings. The van der Waals surface area contributed by atoms with Gasteiger partial charge in [-0.25, -0.2) is 14.6 Å². The van der Waals surface area contributed by atoms with Gasteiger partial charge in [0.25, 0.3) is 0 Å². The molecule has 12 heteroatoms. The average Bonchev–Trinajstić information content (AvgIpc) is 3.23. The molecule has 9 nitrogen and oxygen atoms in total. The first kappa shape index (κ1) is 24.6. The van der Waals surface area contributed by atoms with E-state index in [9.17, 15) is 28.2 Å². The van der Waals surface area contributed by atoms with E-state index in [-0.39, 0.29) is 18.8 Å². The molecule has 1 aromatic carbocycles. The van der Waals surface area contributed by atoms with Crippen LogP contribution in [-0.4, -0.2) is 41.1 Å². The summed E-state index contributed by atoms with van der Waals surface area (Å²) < 4.78 is 40.4. The highest BCUT2D eigenvalue weighted by atomic mass is 19.4. The third kappa shape index (κ3) is 5.11. The molecule has 1 aliphatic carbocycles. The fourth-order valence-electron chi connectivity index (χ4n) is 4.69. The van der Waals surface area contributed by atoms with Crippen LogP contribution in [0, 0.1) is 18.3 Å². The quantitative estimate of drug-likeness (QED) is 0.485. The Kier molecular flexibility index (Phi) is 6.04. The number of aromatic nitrogens is 5. The Balaban J connectivity index is 1.59. The van der Waals surface area contributed by atoms with Crippen molar-refractivity contribution in [3.05, 3.63) is 53.6 Å². The van der Waals surface area contributed by atoms with Crippen molar-refractivity contribution >= 4 is 17.6 Å². The number of carboxylic acid groups (broad SMARTS) is 1. The van der Waals surface area contributed by atoms with Crippen molar-refractivity contribution in [2.75, 3.05) is 5.32 Å². The number of carbonyl (C=O) groups is 1. The number of rotatable bonds is 5. The smallest absolute Gasteiger partial charge is 0.433 e. The lowest BCUT2D eigenvalue weighted by molar-refractivity contribution is -0.154. The summed E-state index contributed by atoms with van der Waals surface area (Å²) in [7, 11) is 0. The standard InChI is InChI=1S/C23H25F3N6O3/c1-13-8-14(28-20-27-7-5-17(29-20)23(24,25)26)10-15(9-13)32-11-18(30-31-32)22(35)6-4-16(19(33)34)21(2,3)12-22/h5,7-11,16,35H,4,6,12H2,1-3H3,(H,33,34)(H,27,28,29). The zero-order valence-corrected chi connectivity index (χ0v) is 19.3. The summed E-state index contributed by atoms with van der Waals surface area (Å²) in [5, 5.41) is 31.9. The maximum absolute atomic E-state index is 13.0. The SMILES string of the molecule is Cc1cc(Nc2nccc(C(F)(F)F)n2)cc(-n2cc(C3(O)CCC(C(=O)O)C(C)(C)C3)nn2)c1. The van der Waals surface area contributed by atoms with Gasteiger partial charge in [0.1, 0.15) is 17.0 Å². The van der Waals surface area contributed by atoms with Crippen LogP contribution in [0.1, 0.15) is 50.1 Å². The molecule has 2 atom stereocenters. The minimum absolute atomic E-state index is 0.206. The van der Waals surface area contributed by atoms with E-state index in [4.69, 9.17) is 0 Å². The lowest BCUT2D eigenvalue weighted by atomic mass is 9.62. The number of anilines is 2. The van der Waals surface area contributed by atoms with Crippen LogP contribution in [0.3, 0.4) is 0 Å². The van der Waals surface area contributed by atoms with Gasteiger partial charge in [0.05, 0.1) is 17.8 Å². The van der Waals surface area contributed by atoms with Gasteiger partial charge in [0.2, 0.25) is 5.95 Å². The van der Waals surface area contributed by atoms with Crippen LogP contribution < -0.4 is 5.32 Å². The van der Waals surface area contributed by atoms with Gasteiger partial charge in [-0.2, -0.15) is 13.2 Å². The zero-order chi connectivity index (χ0) is 25.6. The summed E-state index contributed by atoms with van der Waals surface area (Å²) >= 11 is 0. The van der Waals surface area contributed by atoms with Gasteiger partial charge < -0.3 is 15.5 Å². The third-order valence-corrected chi connectivity index (χ3v) is 6.34. The monoisotopic (exact) mass is 490 g/mol. The van der Waals surface area contributed by atoms with Crippen LogP contribution in [0.4, 0.5) is 24.8 Å². The Morgan fingerprint density at radius 2 is 2.00 bits per heavy atom. The van der Waals surface area contributed by atoms with Gasteiger partial charge in [0, 0.05) is 11.9 Å². The molecule has 1 fully saturated rings. The van der Waals surface area contributed by atoms with E-state index < -0.39 is 34.8 Å². The van der Waals surface area contributed by atoms with Crippen LogP contribution in [0.25, 0.3) is 5.69 Å². The fourth-order valence-corrected chi connectivity index (χ4v) is 4.69. The predicted molar refractivity (Wildman–Crippen MR) is 119 cm³/mol. The Hall–Kier alpha value is -3.54. The highest BCUT2D eigenvalue weighted by molar-refractivity contribution is 5.71. The number of aliphatic carboxylic acids is 1. The summed E-state index contributed by atoms with van der Waals surface area (Å²) in [6, 6.07) is 5.95. The van der Waals surface area contributed by atoms with Crippen molar-refractivity contribution in [1.29, 1.82) is 0 Å². The van der Waals surface area contributed by atoms with Crippen LogP contribution in [0.2, 0.25) is 0 Å². The molecular formula is C23H25F3N6O3. The molecule has 0 radical (unpaired) electrons. The van der Waals surface area contributed by atoms with Crippen molar-refractivity contribution in [3.8, 4) is 5.69 Å². The lowest BCUT2D eigenvalue weighted by Crippen LogP contribution is -2.44. The topological polar surface area (TPSA) is 126 Å². The summed E-state index contributed by atoms with van der Waals surface area (Å²) in [4.78, 5) is 19.0. The van der Waals surface area contributed by atoms with Gasteiger partial charge in [0.15, 0.2) is 0 Å². The van der Waals surface area contributed by atoms with Crippen LogP contribution >= 0.6 is 0 Å². The molecule has 3 N–H and O–H groups in total. The summed E-state index contributed by atoms with van der Waals surface area (Å²) in [5.41, 5.74) is -0.920. The van der Waals surface area contributed by atoms with E-state index in [1.165, 1.54) is 4.68 Å². The maximum Gasteiger partial charge on any atom is 0.433 e. The first-order valence-electron chi connectivity index (χ1n) is 10.9. The number of carboxylic acids is 1. The minimum Gasteiger partial charge on any atom is -0.481 e. The van der Waals surface area contributed by atoms with E-state index in [1.807, 2.05) is 20.8 Å². The van der Waals surface area contributed by atoms with E-state index in [1.54, 1.807) is 24.4 Å². The second-order valence-corrected chi connectivity index (χ2v) is 9.62.